The van der Waals surface area contributed by atoms with Crippen LogP contribution in [0.1, 0.15) is 12.0 Å². The fourth-order valence-electron chi connectivity index (χ4n) is 2.37. The Balaban J connectivity index is 1.70. The van der Waals surface area contributed by atoms with Crippen molar-refractivity contribution in [1.29, 1.82) is 0 Å². The van der Waals surface area contributed by atoms with E-state index in [1.54, 1.807) is 4.90 Å². The summed E-state index contributed by atoms with van der Waals surface area (Å²) >= 11 is 3.34. The summed E-state index contributed by atoms with van der Waals surface area (Å²) in [7, 11) is 0. The first-order valence-electron chi connectivity index (χ1n) is 6.88. The summed E-state index contributed by atoms with van der Waals surface area (Å²) in [5.41, 5.74) is 1.28. The Hall–Kier alpha value is -1.88. The zero-order valence-electron chi connectivity index (χ0n) is 11.5. The minimum absolute atomic E-state index is 0.0406. The van der Waals surface area contributed by atoms with Gasteiger partial charge in [0.05, 0.1) is 0 Å². The maximum atomic E-state index is 12.1. The van der Waals surface area contributed by atoms with E-state index in [-0.39, 0.29) is 12.5 Å². The third-order valence-electron chi connectivity index (χ3n) is 3.40. The number of carbonyl (C=O) groups is 1. The highest BCUT2D eigenvalue weighted by Gasteiger charge is 2.26. The minimum Gasteiger partial charge on any atom is -0.480 e. The molecule has 1 amide bonds. The van der Waals surface area contributed by atoms with Gasteiger partial charge in [0.25, 0.3) is 5.91 Å². The number of fused-ring (bicyclic) bond motifs is 1. The van der Waals surface area contributed by atoms with E-state index in [2.05, 4.69) is 33.0 Å². The SMILES string of the molecule is O=C1COc2ccc(Br)nc2N1CCCc1ccccc1. The molecule has 0 spiro atoms. The van der Waals surface area contributed by atoms with E-state index in [4.69, 9.17) is 4.74 Å². The Morgan fingerprint density at radius 1 is 1.19 bits per heavy atom. The van der Waals surface area contributed by atoms with Crippen molar-refractivity contribution in [2.24, 2.45) is 0 Å². The molecule has 0 unspecified atom stereocenters. The fourth-order valence-corrected chi connectivity index (χ4v) is 2.67. The first kappa shape index (κ1) is 14.1. The molecule has 0 saturated heterocycles. The molecule has 2 aromatic rings. The third kappa shape index (κ3) is 3.24. The standard InChI is InChI=1S/C16H15BrN2O2/c17-14-9-8-13-16(18-14)19(15(20)11-21-13)10-4-7-12-5-2-1-3-6-12/h1-3,5-6,8-9H,4,7,10-11H2. The smallest absolute Gasteiger partial charge is 0.266 e. The zero-order chi connectivity index (χ0) is 14.7. The number of aryl methyl sites for hydroxylation is 1. The van der Waals surface area contributed by atoms with Crippen LogP contribution in [0.25, 0.3) is 0 Å². The third-order valence-corrected chi connectivity index (χ3v) is 3.84. The van der Waals surface area contributed by atoms with E-state index >= 15 is 0 Å². The van der Waals surface area contributed by atoms with Crippen molar-refractivity contribution in [2.75, 3.05) is 18.1 Å². The van der Waals surface area contributed by atoms with Gasteiger partial charge in [-0.15, -0.1) is 0 Å². The summed E-state index contributed by atoms with van der Waals surface area (Å²) < 4.78 is 6.11. The number of hydrogen-bond acceptors (Lipinski definition) is 3. The van der Waals surface area contributed by atoms with Crippen LogP contribution >= 0.6 is 15.9 Å². The van der Waals surface area contributed by atoms with Gasteiger partial charge in [0.1, 0.15) is 4.60 Å². The van der Waals surface area contributed by atoms with Crippen LogP contribution in [0.5, 0.6) is 5.75 Å². The molecule has 1 aromatic heterocycles. The lowest BCUT2D eigenvalue weighted by Crippen LogP contribution is -2.40. The van der Waals surface area contributed by atoms with E-state index in [9.17, 15) is 4.79 Å². The predicted molar refractivity (Wildman–Crippen MR) is 84.5 cm³/mol. The lowest BCUT2D eigenvalue weighted by molar-refractivity contribution is -0.121. The van der Waals surface area contributed by atoms with Gasteiger partial charge in [-0.25, -0.2) is 4.98 Å². The number of amides is 1. The summed E-state index contributed by atoms with van der Waals surface area (Å²) in [4.78, 5) is 18.1. The maximum absolute atomic E-state index is 12.1. The number of ether oxygens (including phenoxy) is 1. The number of nitrogens with zero attached hydrogens (tertiary/aromatic N) is 2. The molecule has 0 saturated carbocycles. The molecule has 0 fully saturated rings. The molecule has 0 radical (unpaired) electrons. The van der Waals surface area contributed by atoms with Gasteiger partial charge in [0.15, 0.2) is 18.2 Å². The van der Waals surface area contributed by atoms with Crippen molar-refractivity contribution in [2.45, 2.75) is 12.8 Å². The number of pyridine rings is 1. The normalized spacial score (nSPS) is 13.8. The van der Waals surface area contributed by atoms with Gasteiger partial charge in [-0.3, -0.25) is 9.69 Å². The van der Waals surface area contributed by atoms with Crippen LogP contribution in [0, 0.1) is 0 Å². The second kappa shape index (κ2) is 6.26. The monoisotopic (exact) mass is 346 g/mol. The van der Waals surface area contributed by atoms with Crippen molar-refractivity contribution >= 4 is 27.7 Å². The highest BCUT2D eigenvalue weighted by Crippen LogP contribution is 2.31. The van der Waals surface area contributed by atoms with Crippen molar-refractivity contribution < 1.29 is 9.53 Å². The number of anilines is 1. The predicted octanol–water partition coefficient (Wildman–Crippen LogP) is 3.20. The minimum atomic E-state index is -0.0406. The van der Waals surface area contributed by atoms with E-state index in [0.29, 0.717) is 22.7 Å². The maximum Gasteiger partial charge on any atom is 0.266 e. The van der Waals surface area contributed by atoms with Crippen LogP contribution in [0.2, 0.25) is 0 Å². The lowest BCUT2D eigenvalue weighted by Gasteiger charge is -2.28. The number of aromatic nitrogens is 1. The van der Waals surface area contributed by atoms with Gasteiger partial charge < -0.3 is 4.74 Å². The number of halogens is 1. The Morgan fingerprint density at radius 2 is 2.00 bits per heavy atom. The molecule has 0 bridgehead atoms. The van der Waals surface area contributed by atoms with Gasteiger partial charge in [-0.1, -0.05) is 30.3 Å². The Bertz CT molecular complexity index is 646. The number of hydrogen-bond donors (Lipinski definition) is 0. The zero-order valence-corrected chi connectivity index (χ0v) is 13.0. The van der Waals surface area contributed by atoms with Crippen molar-refractivity contribution in [3.63, 3.8) is 0 Å². The van der Waals surface area contributed by atoms with Crippen molar-refractivity contribution in [1.82, 2.24) is 4.98 Å². The van der Waals surface area contributed by atoms with Gasteiger partial charge >= 0.3 is 0 Å². The first-order valence-corrected chi connectivity index (χ1v) is 7.67. The van der Waals surface area contributed by atoms with Crippen molar-refractivity contribution in [3.8, 4) is 5.75 Å². The molecule has 0 N–H and O–H groups in total. The quantitative estimate of drug-likeness (QED) is 0.798. The summed E-state index contributed by atoms with van der Waals surface area (Å²) in [6.07, 6.45) is 1.83. The molecule has 1 aromatic carbocycles. The highest BCUT2D eigenvalue weighted by atomic mass is 79.9. The molecule has 1 aliphatic rings. The van der Waals surface area contributed by atoms with E-state index in [1.807, 2.05) is 30.3 Å². The molecule has 1 aliphatic heterocycles. The van der Waals surface area contributed by atoms with Gasteiger partial charge in [0, 0.05) is 6.54 Å². The number of rotatable bonds is 4. The highest BCUT2D eigenvalue weighted by molar-refractivity contribution is 9.10. The van der Waals surface area contributed by atoms with E-state index in [0.717, 1.165) is 12.8 Å². The molecule has 0 aliphatic carbocycles. The molecule has 5 heteroatoms. The summed E-state index contributed by atoms with van der Waals surface area (Å²) in [6.45, 7) is 0.731. The van der Waals surface area contributed by atoms with Gasteiger partial charge in [-0.2, -0.15) is 0 Å². The number of benzene rings is 1. The molecule has 4 nitrogen and oxygen atoms in total. The summed E-state index contributed by atoms with van der Waals surface area (Å²) in [5, 5.41) is 0. The lowest BCUT2D eigenvalue weighted by atomic mass is 10.1. The van der Waals surface area contributed by atoms with E-state index in [1.165, 1.54) is 5.56 Å². The summed E-state index contributed by atoms with van der Waals surface area (Å²) in [5.74, 6) is 1.23. The molecule has 3 rings (SSSR count). The van der Waals surface area contributed by atoms with Crippen molar-refractivity contribution in [3.05, 3.63) is 52.6 Å². The number of carbonyl (C=O) groups excluding carboxylic acids is 1. The Kier molecular flexibility index (Phi) is 4.20. The molecular formula is C16H15BrN2O2. The average Bonchev–Trinajstić information content (AvgIpc) is 2.50. The van der Waals surface area contributed by atoms with Crippen LogP contribution in [-0.4, -0.2) is 24.0 Å². The molecule has 2 heterocycles. The van der Waals surface area contributed by atoms with Crippen LogP contribution in [-0.2, 0) is 11.2 Å². The Labute approximate surface area is 131 Å². The van der Waals surface area contributed by atoms with E-state index < -0.39 is 0 Å². The molecule has 21 heavy (non-hydrogen) atoms. The van der Waals surface area contributed by atoms with Crippen LogP contribution in [0.3, 0.4) is 0 Å². The fraction of sp³-hybridized carbons (Fsp3) is 0.250. The Morgan fingerprint density at radius 3 is 2.81 bits per heavy atom. The first-order chi connectivity index (χ1) is 10.2. The second-order valence-corrected chi connectivity index (χ2v) is 5.69. The topological polar surface area (TPSA) is 42.4 Å². The van der Waals surface area contributed by atoms with Crippen LogP contribution in [0.4, 0.5) is 5.82 Å². The average molecular weight is 347 g/mol. The van der Waals surface area contributed by atoms with Gasteiger partial charge in [0.2, 0.25) is 0 Å². The second-order valence-electron chi connectivity index (χ2n) is 4.88. The summed E-state index contributed by atoms with van der Waals surface area (Å²) in [6, 6.07) is 13.9. The molecule has 108 valence electrons. The van der Waals surface area contributed by atoms with Crippen LogP contribution in [0.15, 0.2) is 47.1 Å². The molecular weight excluding hydrogens is 332 g/mol. The largest absolute Gasteiger partial charge is 0.480 e. The molecule has 0 atom stereocenters. The van der Waals surface area contributed by atoms with Crippen LogP contribution < -0.4 is 9.64 Å². The van der Waals surface area contributed by atoms with Gasteiger partial charge in [-0.05, 0) is 46.5 Å².